The second kappa shape index (κ2) is 16.9. The molecule has 0 N–H and O–H groups in total. The van der Waals surface area contributed by atoms with Crippen LogP contribution in [0.2, 0.25) is 0 Å². The monoisotopic (exact) mass is 842 g/mol. The van der Waals surface area contributed by atoms with Gasteiger partial charge in [-0.25, -0.2) is 0 Å². The van der Waals surface area contributed by atoms with Crippen LogP contribution >= 0.6 is 0 Å². The first-order valence-corrected chi connectivity index (χ1v) is 23.0. The highest BCUT2D eigenvalue weighted by atomic mass is 15.1. The van der Waals surface area contributed by atoms with Gasteiger partial charge in [0.05, 0.1) is 11.0 Å². The largest absolute Gasteiger partial charge is 0.310 e. The lowest BCUT2D eigenvalue weighted by Crippen LogP contribution is -2.11. The van der Waals surface area contributed by atoms with Crippen LogP contribution < -0.4 is 4.90 Å². The molecule has 11 aromatic rings. The van der Waals surface area contributed by atoms with E-state index < -0.39 is 0 Å². The molecule has 0 amide bonds. The Kier molecular flexibility index (Phi) is 10.0. The summed E-state index contributed by atoms with van der Waals surface area (Å²) < 4.78 is 2.45. The highest BCUT2D eigenvalue weighted by Crippen LogP contribution is 2.45. The van der Waals surface area contributed by atoms with E-state index in [0.717, 1.165) is 41.2 Å². The fourth-order valence-electron chi connectivity index (χ4n) is 9.99. The van der Waals surface area contributed by atoms with Crippen molar-refractivity contribution in [1.29, 1.82) is 0 Å². The molecule has 1 aliphatic rings. The van der Waals surface area contributed by atoms with Crippen molar-refractivity contribution in [3.8, 4) is 50.2 Å². The van der Waals surface area contributed by atoms with E-state index in [1.54, 1.807) is 0 Å². The molecule has 0 bridgehead atoms. The highest BCUT2D eigenvalue weighted by molar-refractivity contribution is 6.22. The highest BCUT2D eigenvalue weighted by Gasteiger charge is 2.21. The number of aromatic nitrogens is 1. The first-order chi connectivity index (χ1) is 32.7. The van der Waals surface area contributed by atoms with Crippen LogP contribution in [0.25, 0.3) is 88.3 Å². The molecule has 1 aliphatic carbocycles. The zero-order chi connectivity index (χ0) is 43.8. The van der Waals surface area contributed by atoms with Gasteiger partial charge in [-0.1, -0.05) is 194 Å². The Bertz CT molecular complexity index is 3600. The number of rotatable bonds is 9. The zero-order valence-electron chi connectivity index (χ0n) is 36.6. The Morgan fingerprint density at radius 1 is 0.364 bits per heavy atom. The summed E-state index contributed by atoms with van der Waals surface area (Å²) in [6.07, 6.45) is 9.08. The number of hydrogen-bond donors (Lipinski definition) is 0. The molecular weight excluding hydrogens is 797 g/mol. The van der Waals surface area contributed by atoms with Gasteiger partial charge >= 0.3 is 0 Å². The Balaban J connectivity index is 1.04. The van der Waals surface area contributed by atoms with Gasteiger partial charge in [-0.3, -0.25) is 0 Å². The summed E-state index contributed by atoms with van der Waals surface area (Å²) in [4.78, 5) is 2.44. The Labute approximate surface area is 386 Å². The van der Waals surface area contributed by atoms with Crippen LogP contribution in [-0.4, -0.2) is 4.57 Å². The van der Waals surface area contributed by atoms with Crippen molar-refractivity contribution in [3.63, 3.8) is 0 Å². The van der Waals surface area contributed by atoms with Crippen LogP contribution in [0.1, 0.15) is 18.4 Å². The maximum atomic E-state index is 2.45. The summed E-state index contributed by atoms with van der Waals surface area (Å²) in [7, 11) is 0. The molecule has 312 valence electrons. The Morgan fingerprint density at radius 3 is 1.67 bits per heavy atom. The molecule has 0 spiro atoms. The van der Waals surface area contributed by atoms with Gasteiger partial charge in [-0.2, -0.15) is 0 Å². The first-order valence-electron chi connectivity index (χ1n) is 23.0. The lowest BCUT2D eigenvalue weighted by molar-refractivity contribution is 1.04. The molecule has 0 radical (unpaired) electrons. The molecule has 2 heteroatoms. The minimum Gasteiger partial charge on any atom is -0.310 e. The van der Waals surface area contributed by atoms with Crippen LogP contribution in [0.4, 0.5) is 17.1 Å². The van der Waals surface area contributed by atoms with Gasteiger partial charge in [-0.15, -0.1) is 0 Å². The molecule has 1 heterocycles. The summed E-state index contributed by atoms with van der Waals surface area (Å²) in [6.45, 7) is 0. The van der Waals surface area contributed by atoms with E-state index in [-0.39, 0.29) is 0 Å². The third-order valence-corrected chi connectivity index (χ3v) is 13.2. The Hall–Kier alpha value is -8.46. The number of allylic oxidation sites excluding steroid dienone is 4. The van der Waals surface area contributed by atoms with Crippen molar-refractivity contribution >= 4 is 55.2 Å². The topological polar surface area (TPSA) is 8.17 Å². The molecule has 2 nitrogen and oxygen atoms in total. The SMILES string of the molecule is C1=CC(c2cc(-c3ccccc3)cc(N(c3ccc(-c4ccc(-c5ccccc5)cc4)cc3)c3cccc(-c4cccc5c4c4ccc6ccccc6c4n5-c4ccccc4)c3)c2)=CCC1. The van der Waals surface area contributed by atoms with Crippen molar-refractivity contribution in [2.24, 2.45) is 0 Å². The van der Waals surface area contributed by atoms with Crippen LogP contribution in [0.3, 0.4) is 0 Å². The zero-order valence-corrected chi connectivity index (χ0v) is 36.6. The van der Waals surface area contributed by atoms with Gasteiger partial charge in [0.2, 0.25) is 0 Å². The van der Waals surface area contributed by atoms with Crippen LogP contribution in [0, 0.1) is 0 Å². The standard InChI is InChI=1S/C64H46N2/c1-5-17-45(18-6-1)48-31-33-49(34-32-48)50-35-38-56(39-36-50)65(58-43-53(46-19-7-2-8-20-46)41-54(44-58)47-21-9-3-10-22-47)57-27-15-24-52(42-57)59-29-16-30-62-63(59)61-40-37-51-23-13-14-28-60(51)64(61)66(62)55-25-11-4-12-26-55/h1-2,4-9,11-44H,3,10H2. The lowest BCUT2D eigenvalue weighted by atomic mass is 9.94. The predicted octanol–water partition coefficient (Wildman–Crippen LogP) is 17.8. The first kappa shape index (κ1) is 39.2. The summed E-state index contributed by atoms with van der Waals surface area (Å²) in [5.41, 5.74) is 18.9. The average Bonchev–Trinajstić information content (AvgIpc) is 3.75. The number of nitrogens with zero attached hydrogens (tertiary/aromatic N) is 2. The number of anilines is 3. The second-order valence-electron chi connectivity index (χ2n) is 17.2. The minimum atomic E-state index is 1.04. The van der Waals surface area contributed by atoms with E-state index in [1.807, 2.05) is 0 Å². The minimum absolute atomic E-state index is 1.04. The molecule has 0 fully saturated rings. The van der Waals surface area contributed by atoms with Crippen LogP contribution in [-0.2, 0) is 0 Å². The smallest absolute Gasteiger partial charge is 0.0619 e. The fourth-order valence-corrected chi connectivity index (χ4v) is 9.99. The van der Waals surface area contributed by atoms with Gasteiger partial charge in [0, 0.05) is 38.9 Å². The third kappa shape index (κ3) is 7.19. The quantitative estimate of drug-likeness (QED) is 0.141. The van der Waals surface area contributed by atoms with Gasteiger partial charge in [0.15, 0.2) is 0 Å². The van der Waals surface area contributed by atoms with E-state index in [2.05, 4.69) is 264 Å². The average molecular weight is 843 g/mol. The van der Waals surface area contributed by atoms with Crippen molar-refractivity contribution < 1.29 is 0 Å². The molecule has 0 atom stereocenters. The number of fused-ring (bicyclic) bond motifs is 5. The molecule has 10 aromatic carbocycles. The molecule has 0 unspecified atom stereocenters. The van der Waals surface area contributed by atoms with E-state index >= 15 is 0 Å². The van der Waals surface area contributed by atoms with Gasteiger partial charge in [0.25, 0.3) is 0 Å². The van der Waals surface area contributed by atoms with Gasteiger partial charge in [-0.05, 0) is 135 Å². The number of hydrogen-bond acceptors (Lipinski definition) is 1. The number of benzene rings is 10. The van der Waals surface area contributed by atoms with E-state index in [9.17, 15) is 0 Å². The normalized spacial score (nSPS) is 12.5. The summed E-state index contributed by atoms with van der Waals surface area (Å²) >= 11 is 0. The molecular formula is C64H46N2. The number of para-hydroxylation sites is 1. The van der Waals surface area contributed by atoms with Crippen molar-refractivity contribution in [1.82, 2.24) is 4.57 Å². The molecule has 0 saturated heterocycles. The molecule has 12 rings (SSSR count). The summed E-state index contributed by atoms with van der Waals surface area (Å²) in [5, 5.41) is 4.97. The van der Waals surface area contributed by atoms with E-state index in [0.29, 0.717) is 0 Å². The van der Waals surface area contributed by atoms with E-state index in [1.165, 1.54) is 82.7 Å². The lowest BCUT2D eigenvalue weighted by Gasteiger charge is -2.28. The summed E-state index contributed by atoms with van der Waals surface area (Å²) in [6, 6.07) is 86.5. The molecule has 66 heavy (non-hydrogen) atoms. The van der Waals surface area contributed by atoms with E-state index in [4.69, 9.17) is 0 Å². The molecule has 1 aromatic heterocycles. The fraction of sp³-hybridized carbons (Fsp3) is 0.0312. The van der Waals surface area contributed by atoms with Crippen molar-refractivity contribution in [2.75, 3.05) is 4.90 Å². The van der Waals surface area contributed by atoms with Crippen molar-refractivity contribution in [3.05, 3.63) is 260 Å². The second-order valence-corrected chi connectivity index (χ2v) is 17.2. The predicted molar refractivity (Wildman–Crippen MR) is 281 cm³/mol. The third-order valence-electron chi connectivity index (χ3n) is 13.2. The maximum Gasteiger partial charge on any atom is 0.0619 e. The van der Waals surface area contributed by atoms with Crippen molar-refractivity contribution in [2.45, 2.75) is 12.8 Å². The molecule has 0 saturated carbocycles. The Morgan fingerprint density at radius 2 is 0.955 bits per heavy atom. The maximum absolute atomic E-state index is 2.45. The van der Waals surface area contributed by atoms with Gasteiger partial charge < -0.3 is 9.47 Å². The summed E-state index contributed by atoms with van der Waals surface area (Å²) in [5.74, 6) is 0. The molecule has 0 aliphatic heterocycles. The van der Waals surface area contributed by atoms with Crippen LogP contribution in [0.5, 0.6) is 0 Å². The van der Waals surface area contributed by atoms with Gasteiger partial charge in [0.1, 0.15) is 0 Å². The van der Waals surface area contributed by atoms with Crippen LogP contribution in [0.15, 0.2) is 255 Å².